The van der Waals surface area contributed by atoms with E-state index in [0.29, 0.717) is 11.3 Å². The highest BCUT2D eigenvalue weighted by atomic mass is 16.2. The molecule has 3 fully saturated rings. The average molecular weight is 397 g/mol. The highest BCUT2D eigenvalue weighted by Gasteiger charge is 2.74. The summed E-state index contributed by atoms with van der Waals surface area (Å²) in [5.74, 6) is -2.89. The van der Waals surface area contributed by atoms with Crippen molar-refractivity contribution >= 4 is 29.3 Å². The van der Waals surface area contributed by atoms with Crippen LogP contribution >= 0.6 is 0 Å². The molecule has 3 aliphatic heterocycles. The number of rotatable bonds is 3. The predicted octanol–water partition coefficient (Wildman–Crippen LogP) is -0.411. The number of imide groups is 1. The van der Waals surface area contributed by atoms with Crippen LogP contribution in [-0.4, -0.2) is 40.6 Å². The molecule has 152 valence electrons. The Balaban J connectivity index is 1.62. The van der Waals surface area contributed by atoms with E-state index in [4.69, 9.17) is 5.73 Å². The van der Waals surface area contributed by atoms with Gasteiger partial charge in [-0.1, -0.05) is 37.5 Å². The first-order valence-corrected chi connectivity index (χ1v) is 10.4. The third kappa shape index (κ3) is 2.41. The number of carbonyl (C=O) groups is 4. The van der Waals surface area contributed by atoms with Crippen LogP contribution in [0.4, 0.5) is 5.69 Å². The molecule has 5 N–H and O–H groups in total. The number of primary amides is 1. The molecule has 5 rings (SSSR count). The van der Waals surface area contributed by atoms with Crippen LogP contribution in [0.3, 0.4) is 0 Å². The molecule has 1 aromatic carbocycles. The Morgan fingerprint density at radius 1 is 1.14 bits per heavy atom. The lowest BCUT2D eigenvalue weighted by atomic mass is 9.76. The van der Waals surface area contributed by atoms with E-state index in [1.54, 1.807) is 11.4 Å². The van der Waals surface area contributed by atoms with Gasteiger partial charge in [0.05, 0.1) is 12.1 Å². The summed E-state index contributed by atoms with van der Waals surface area (Å²) >= 11 is 0. The second-order valence-corrected chi connectivity index (χ2v) is 8.71. The zero-order valence-electron chi connectivity index (χ0n) is 16.1. The maximum atomic E-state index is 13.6. The Morgan fingerprint density at radius 3 is 2.59 bits per heavy atom. The van der Waals surface area contributed by atoms with Gasteiger partial charge in [-0.05, 0) is 18.9 Å². The first-order valence-electron chi connectivity index (χ1n) is 10.4. The van der Waals surface area contributed by atoms with Crippen LogP contribution in [0.1, 0.15) is 44.1 Å². The third-order valence-electron chi connectivity index (χ3n) is 7.19. The molecule has 1 spiro atoms. The van der Waals surface area contributed by atoms with E-state index in [2.05, 4.69) is 5.32 Å². The lowest BCUT2D eigenvalue weighted by molar-refractivity contribution is -0.732. The average Bonchev–Trinajstić information content (AvgIpc) is 3.27. The third-order valence-corrected chi connectivity index (χ3v) is 7.19. The van der Waals surface area contributed by atoms with Crippen LogP contribution in [0.5, 0.6) is 0 Å². The van der Waals surface area contributed by atoms with Gasteiger partial charge >= 0.3 is 0 Å². The summed E-state index contributed by atoms with van der Waals surface area (Å²) in [4.78, 5) is 53.5. The summed E-state index contributed by atoms with van der Waals surface area (Å²) in [6.07, 6.45) is 4.64. The molecule has 0 radical (unpaired) electrons. The second kappa shape index (κ2) is 6.38. The minimum Gasteiger partial charge on any atom is -0.369 e. The number of para-hydroxylation sites is 1. The number of nitrogens with two attached hydrogens (primary N) is 2. The van der Waals surface area contributed by atoms with Crippen molar-refractivity contribution in [3.05, 3.63) is 29.8 Å². The Kier molecular flexibility index (Phi) is 4.03. The molecule has 1 aromatic rings. The number of likely N-dealkylation sites (tertiary alicyclic amines) is 1. The second-order valence-electron chi connectivity index (χ2n) is 8.71. The molecule has 29 heavy (non-hydrogen) atoms. The molecule has 4 atom stereocenters. The summed E-state index contributed by atoms with van der Waals surface area (Å²) in [5, 5.41) is 4.63. The van der Waals surface area contributed by atoms with Crippen LogP contribution in [0, 0.1) is 11.8 Å². The Labute approximate surface area is 168 Å². The number of hydrogen-bond acceptors (Lipinski definition) is 4. The Hall–Kier alpha value is -2.74. The van der Waals surface area contributed by atoms with E-state index < -0.39 is 29.3 Å². The van der Waals surface area contributed by atoms with Crippen LogP contribution in [0.2, 0.25) is 0 Å². The smallest absolute Gasteiger partial charge is 0.291 e. The van der Waals surface area contributed by atoms with Crippen molar-refractivity contribution in [1.82, 2.24) is 4.90 Å². The van der Waals surface area contributed by atoms with Gasteiger partial charge in [0.2, 0.25) is 23.3 Å². The fourth-order valence-corrected chi connectivity index (χ4v) is 6.06. The van der Waals surface area contributed by atoms with Crippen molar-refractivity contribution in [1.29, 1.82) is 0 Å². The zero-order valence-corrected chi connectivity index (χ0v) is 16.1. The molecule has 3 heterocycles. The molecule has 1 saturated carbocycles. The van der Waals surface area contributed by atoms with Gasteiger partial charge in [-0.3, -0.25) is 24.1 Å². The zero-order chi connectivity index (χ0) is 20.3. The number of nitrogens with zero attached hydrogens (tertiary/aromatic N) is 1. The van der Waals surface area contributed by atoms with Gasteiger partial charge < -0.3 is 16.4 Å². The Bertz CT molecular complexity index is 925. The van der Waals surface area contributed by atoms with Crippen LogP contribution in [-0.2, 0) is 24.7 Å². The molecular weight excluding hydrogens is 372 g/mol. The summed E-state index contributed by atoms with van der Waals surface area (Å²) < 4.78 is 0. The van der Waals surface area contributed by atoms with E-state index in [-0.39, 0.29) is 30.2 Å². The fourth-order valence-electron chi connectivity index (χ4n) is 6.06. The van der Waals surface area contributed by atoms with Gasteiger partial charge in [-0.15, -0.1) is 0 Å². The highest BCUT2D eigenvalue weighted by molar-refractivity contribution is 6.14. The molecule has 0 unspecified atom stereocenters. The van der Waals surface area contributed by atoms with Gasteiger partial charge in [0.15, 0.2) is 0 Å². The molecule has 0 aromatic heterocycles. The van der Waals surface area contributed by atoms with Crippen molar-refractivity contribution in [3.8, 4) is 0 Å². The van der Waals surface area contributed by atoms with E-state index >= 15 is 0 Å². The monoisotopic (exact) mass is 397 g/mol. The maximum Gasteiger partial charge on any atom is 0.291 e. The van der Waals surface area contributed by atoms with Crippen LogP contribution in [0.25, 0.3) is 0 Å². The summed E-state index contributed by atoms with van der Waals surface area (Å²) in [6.45, 7) is 0. The SMILES string of the molecule is NC(=O)C[C@H]1[NH2+][C@@]2(C(=O)Nc3ccccc32)[C@@H]2C(=O)N(C3CCCCC3)C(=O)[C@@H]21. The summed E-state index contributed by atoms with van der Waals surface area (Å²) in [6, 6.07) is 6.63. The topological polar surface area (TPSA) is 126 Å². The predicted molar refractivity (Wildman–Crippen MR) is 102 cm³/mol. The van der Waals surface area contributed by atoms with Crippen LogP contribution in [0.15, 0.2) is 24.3 Å². The fraction of sp³-hybridized carbons (Fsp3) is 0.524. The molecule has 8 heteroatoms. The number of fused-ring (bicyclic) bond motifs is 4. The molecule has 1 aliphatic carbocycles. The first-order chi connectivity index (χ1) is 13.9. The number of anilines is 1. The lowest BCUT2D eigenvalue weighted by Gasteiger charge is -2.32. The molecule has 4 aliphatic rings. The number of nitrogens with one attached hydrogen (secondary N) is 1. The molecule has 8 nitrogen and oxygen atoms in total. The maximum absolute atomic E-state index is 13.6. The number of amides is 4. The Morgan fingerprint density at radius 2 is 1.86 bits per heavy atom. The normalized spacial score (nSPS) is 33.9. The number of carbonyl (C=O) groups excluding carboxylic acids is 4. The van der Waals surface area contributed by atoms with Gasteiger partial charge in [-0.25, -0.2) is 0 Å². The van der Waals surface area contributed by atoms with Crippen molar-refractivity contribution in [3.63, 3.8) is 0 Å². The lowest BCUT2D eigenvalue weighted by Crippen LogP contribution is -2.99. The van der Waals surface area contributed by atoms with E-state index in [1.165, 1.54) is 4.90 Å². The minimum atomic E-state index is -1.22. The first kappa shape index (κ1) is 18.3. The van der Waals surface area contributed by atoms with Gasteiger partial charge in [0.25, 0.3) is 5.91 Å². The van der Waals surface area contributed by atoms with Gasteiger partial charge in [-0.2, -0.15) is 0 Å². The van der Waals surface area contributed by atoms with E-state index in [9.17, 15) is 19.2 Å². The number of hydrogen-bond donors (Lipinski definition) is 3. The molecule has 0 bridgehead atoms. The minimum absolute atomic E-state index is 0.0457. The van der Waals surface area contributed by atoms with Crippen molar-refractivity contribution in [2.45, 2.75) is 56.1 Å². The number of benzene rings is 1. The van der Waals surface area contributed by atoms with Crippen molar-refractivity contribution in [2.24, 2.45) is 17.6 Å². The number of quaternary nitrogens is 1. The molecular formula is C21H25N4O4+. The van der Waals surface area contributed by atoms with Crippen molar-refractivity contribution < 1.29 is 24.5 Å². The summed E-state index contributed by atoms with van der Waals surface area (Å²) in [7, 11) is 0. The van der Waals surface area contributed by atoms with Crippen LogP contribution < -0.4 is 16.4 Å². The quantitative estimate of drug-likeness (QED) is 0.599. The van der Waals surface area contributed by atoms with Gasteiger partial charge in [0.1, 0.15) is 17.9 Å². The summed E-state index contributed by atoms with van der Waals surface area (Å²) in [5.41, 5.74) is 5.60. The molecule has 2 saturated heterocycles. The largest absolute Gasteiger partial charge is 0.369 e. The van der Waals surface area contributed by atoms with Gasteiger partial charge in [0, 0.05) is 11.6 Å². The standard InChI is InChI=1S/C21H24N4O4/c22-15(26)10-14-16-17(19(28)25(18(16)27)11-6-2-1-3-7-11)21(24-14)12-8-4-5-9-13(12)23-20(21)29/h4-5,8-9,11,14,16-17,24H,1-3,6-7,10H2,(H2,22,26)(H,23,29)/p+1/t14-,16-,17+,21-/m1/s1. The van der Waals surface area contributed by atoms with E-state index in [0.717, 1.165) is 32.1 Å². The molecule has 4 amide bonds. The van der Waals surface area contributed by atoms with Crippen molar-refractivity contribution in [2.75, 3.05) is 5.32 Å². The highest BCUT2D eigenvalue weighted by Crippen LogP contribution is 2.50. The van der Waals surface area contributed by atoms with E-state index in [1.807, 2.05) is 18.2 Å².